The molecule has 0 aromatic carbocycles. The van der Waals surface area contributed by atoms with Gasteiger partial charge < -0.3 is 20.2 Å². The van der Waals surface area contributed by atoms with Crippen LogP contribution in [0.25, 0.3) is 10.9 Å². The number of nitrogens with one attached hydrogen (secondary N) is 3. The lowest BCUT2D eigenvalue weighted by Crippen LogP contribution is -2.39. The molecule has 1 aliphatic heterocycles. The number of pyridine rings is 2. The molecule has 166 valence electrons. The summed E-state index contributed by atoms with van der Waals surface area (Å²) >= 11 is 0. The van der Waals surface area contributed by atoms with Crippen molar-refractivity contribution in [1.82, 2.24) is 19.9 Å². The van der Waals surface area contributed by atoms with Crippen LogP contribution in [-0.2, 0) is 29.1 Å². The minimum Gasteiger partial charge on any atom is -0.360 e. The molecule has 3 N–H and O–H groups in total. The SMILES string of the molecule is Cc1cc2c(c(=O)n1CC(=O)NCc1cc3cc[nH]c3cn1)NC(=O)C(CC1CCC1)C2. The number of hydrogen-bond donors (Lipinski definition) is 3. The summed E-state index contributed by atoms with van der Waals surface area (Å²) in [6, 6.07) is 5.79. The number of aromatic nitrogens is 3. The van der Waals surface area contributed by atoms with Crippen molar-refractivity contribution in [3.05, 3.63) is 57.9 Å². The smallest absolute Gasteiger partial charge is 0.275 e. The van der Waals surface area contributed by atoms with Gasteiger partial charge in [0, 0.05) is 23.2 Å². The minimum absolute atomic E-state index is 0.0735. The van der Waals surface area contributed by atoms with Crippen LogP contribution >= 0.6 is 0 Å². The highest BCUT2D eigenvalue weighted by atomic mass is 16.2. The molecule has 3 aromatic rings. The highest BCUT2D eigenvalue weighted by Gasteiger charge is 2.32. The van der Waals surface area contributed by atoms with E-state index in [2.05, 4.69) is 20.6 Å². The van der Waals surface area contributed by atoms with Gasteiger partial charge in [-0.1, -0.05) is 19.3 Å². The van der Waals surface area contributed by atoms with Crippen molar-refractivity contribution in [1.29, 1.82) is 0 Å². The van der Waals surface area contributed by atoms with E-state index in [4.69, 9.17) is 0 Å². The van der Waals surface area contributed by atoms with Gasteiger partial charge in [0.15, 0.2) is 0 Å². The number of fused-ring (bicyclic) bond motifs is 2. The molecular weight excluding hydrogens is 406 g/mol. The number of amides is 2. The molecule has 1 aliphatic carbocycles. The summed E-state index contributed by atoms with van der Waals surface area (Å²) < 4.78 is 1.42. The number of hydrogen-bond acceptors (Lipinski definition) is 4. The van der Waals surface area contributed by atoms with Crippen LogP contribution in [0, 0.1) is 18.8 Å². The van der Waals surface area contributed by atoms with Crippen LogP contribution in [0.3, 0.4) is 0 Å². The second-order valence-electron chi connectivity index (χ2n) is 9.02. The Morgan fingerprint density at radius 3 is 2.91 bits per heavy atom. The fraction of sp³-hybridized carbons (Fsp3) is 0.417. The zero-order chi connectivity index (χ0) is 22.2. The predicted octanol–water partition coefficient (Wildman–Crippen LogP) is 2.65. The first-order chi connectivity index (χ1) is 15.5. The third-order valence-electron chi connectivity index (χ3n) is 6.78. The van der Waals surface area contributed by atoms with Crippen molar-refractivity contribution in [2.75, 3.05) is 5.32 Å². The van der Waals surface area contributed by atoms with Crippen LogP contribution in [0.4, 0.5) is 5.69 Å². The lowest BCUT2D eigenvalue weighted by atomic mass is 9.76. The van der Waals surface area contributed by atoms with E-state index in [1.54, 1.807) is 6.20 Å². The predicted molar refractivity (Wildman–Crippen MR) is 121 cm³/mol. The number of rotatable bonds is 6. The average molecular weight is 434 g/mol. The van der Waals surface area contributed by atoms with E-state index >= 15 is 0 Å². The molecule has 5 rings (SSSR count). The van der Waals surface area contributed by atoms with Crippen molar-refractivity contribution in [2.45, 2.75) is 52.1 Å². The molecule has 0 spiro atoms. The van der Waals surface area contributed by atoms with Gasteiger partial charge in [-0.3, -0.25) is 19.4 Å². The third kappa shape index (κ3) is 3.92. The highest BCUT2D eigenvalue weighted by Crippen LogP contribution is 2.35. The van der Waals surface area contributed by atoms with Gasteiger partial charge in [0.25, 0.3) is 5.56 Å². The van der Waals surface area contributed by atoms with E-state index in [1.165, 1.54) is 23.8 Å². The summed E-state index contributed by atoms with van der Waals surface area (Å²) in [5.41, 5.74) is 3.26. The Hall–Kier alpha value is -3.42. The normalized spacial score (nSPS) is 18.2. The Morgan fingerprint density at radius 2 is 2.12 bits per heavy atom. The maximum atomic E-state index is 13.1. The summed E-state index contributed by atoms with van der Waals surface area (Å²) in [6.45, 7) is 2.00. The minimum atomic E-state index is -0.322. The Labute approximate surface area is 185 Å². The van der Waals surface area contributed by atoms with Gasteiger partial charge in [-0.2, -0.15) is 0 Å². The molecule has 1 unspecified atom stereocenters. The quantitative estimate of drug-likeness (QED) is 0.555. The Morgan fingerprint density at radius 1 is 1.28 bits per heavy atom. The molecule has 8 heteroatoms. The van der Waals surface area contributed by atoms with Crippen LogP contribution in [-0.4, -0.2) is 26.3 Å². The summed E-state index contributed by atoms with van der Waals surface area (Å²) in [5, 5.41) is 6.68. The first kappa shape index (κ1) is 20.5. The van der Waals surface area contributed by atoms with Crippen LogP contribution in [0.2, 0.25) is 0 Å². The zero-order valence-electron chi connectivity index (χ0n) is 18.1. The number of carbonyl (C=O) groups excluding carboxylic acids is 2. The van der Waals surface area contributed by atoms with Crippen molar-refractivity contribution in [3.8, 4) is 0 Å². The summed E-state index contributed by atoms with van der Waals surface area (Å²) in [4.78, 5) is 45.6. The van der Waals surface area contributed by atoms with Gasteiger partial charge in [-0.15, -0.1) is 0 Å². The molecule has 4 heterocycles. The molecule has 2 amide bonds. The molecule has 0 saturated heterocycles. The van der Waals surface area contributed by atoms with E-state index in [-0.39, 0.29) is 36.4 Å². The largest absolute Gasteiger partial charge is 0.360 e. The van der Waals surface area contributed by atoms with Crippen LogP contribution in [0.15, 0.2) is 35.4 Å². The summed E-state index contributed by atoms with van der Waals surface area (Å²) in [7, 11) is 0. The third-order valence-corrected chi connectivity index (χ3v) is 6.78. The van der Waals surface area contributed by atoms with Gasteiger partial charge in [0.05, 0.1) is 24.0 Å². The average Bonchev–Trinajstić information content (AvgIpc) is 3.21. The standard InChI is InChI=1S/C24H27N5O3/c1-14-7-17-9-18(8-15-3-2-4-15)23(31)28-22(17)24(32)29(14)13-21(30)27-11-19-10-16-5-6-25-20(16)12-26-19/h5-7,10,12,15,18,25H,2-4,8-9,11,13H2,1H3,(H,27,30)(H,28,31). The van der Waals surface area contributed by atoms with Gasteiger partial charge in [-0.05, 0) is 49.4 Å². The van der Waals surface area contributed by atoms with E-state index in [0.29, 0.717) is 23.7 Å². The number of H-pyrrole nitrogens is 1. The molecule has 0 radical (unpaired) electrons. The first-order valence-corrected chi connectivity index (χ1v) is 11.2. The number of aromatic amines is 1. The van der Waals surface area contributed by atoms with Crippen molar-refractivity contribution in [3.63, 3.8) is 0 Å². The monoisotopic (exact) mass is 433 g/mol. The van der Waals surface area contributed by atoms with E-state index in [9.17, 15) is 14.4 Å². The molecule has 3 aromatic heterocycles. The van der Waals surface area contributed by atoms with E-state index < -0.39 is 0 Å². The van der Waals surface area contributed by atoms with E-state index in [1.807, 2.05) is 31.3 Å². The molecule has 1 atom stereocenters. The maximum Gasteiger partial charge on any atom is 0.275 e. The molecular formula is C24H27N5O3. The second-order valence-corrected chi connectivity index (χ2v) is 9.02. The summed E-state index contributed by atoms with van der Waals surface area (Å²) in [5.74, 6) is 0.198. The summed E-state index contributed by atoms with van der Waals surface area (Å²) in [6.07, 6.45) is 8.69. The van der Waals surface area contributed by atoms with Crippen molar-refractivity contribution in [2.24, 2.45) is 11.8 Å². The van der Waals surface area contributed by atoms with Crippen LogP contribution in [0.5, 0.6) is 0 Å². The molecule has 8 nitrogen and oxygen atoms in total. The Kier molecular flexibility index (Phi) is 5.28. The van der Waals surface area contributed by atoms with E-state index in [0.717, 1.165) is 28.6 Å². The first-order valence-electron chi connectivity index (χ1n) is 11.2. The van der Waals surface area contributed by atoms with Crippen molar-refractivity contribution >= 4 is 28.4 Å². The molecule has 1 fully saturated rings. The Balaban J connectivity index is 1.27. The van der Waals surface area contributed by atoms with Gasteiger partial charge >= 0.3 is 0 Å². The van der Waals surface area contributed by atoms with Gasteiger partial charge in [0.2, 0.25) is 11.8 Å². The fourth-order valence-corrected chi connectivity index (χ4v) is 4.71. The number of carbonyl (C=O) groups is 2. The number of anilines is 1. The molecule has 32 heavy (non-hydrogen) atoms. The van der Waals surface area contributed by atoms with Crippen LogP contribution < -0.4 is 16.2 Å². The zero-order valence-corrected chi connectivity index (χ0v) is 18.1. The molecule has 1 saturated carbocycles. The highest BCUT2D eigenvalue weighted by molar-refractivity contribution is 5.95. The van der Waals surface area contributed by atoms with Gasteiger partial charge in [-0.25, -0.2) is 0 Å². The molecule has 2 aliphatic rings. The lowest BCUT2D eigenvalue weighted by Gasteiger charge is -2.32. The van der Waals surface area contributed by atoms with Crippen LogP contribution in [0.1, 0.15) is 42.6 Å². The Bertz CT molecular complexity index is 1250. The number of aryl methyl sites for hydroxylation is 1. The fourth-order valence-electron chi connectivity index (χ4n) is 4.71. The second kappa shape index (κ2) is 8.26. The van der Waals surface area contributed by atoms with Gasteiger partial charge in [0.1, 0.15) is 12.2 Å². The van der Waals surface area contributed by atoms with Crippen molar-refractivity contribution < 1.29 is 9.59 Å². The lowest BCUT2D eigenvalue weighted by molar-refractivity contribution is -0.122. The number of nitrogens with zero attached hydrogens (tertiary/aromatic N) is 2. The molecule has 0 bridgehead atoms. The topological polar surface area (TPSA) is 109 Å². The maximum absolute atomic E-state index is 13.1.